The van der Waals surface area contributed by atoms with Crippen LogP contribution in [0.3, 0.4) is 0 Å². The summed E-state index contributed by atoms with van der Waals surface area (Å²) in [4.78, 5) is 10.3. The Hall–Kier alpha value is -0.680. The first-order chi connectivity index (χ1) is 7.63. The molecule has 1 aliphatic rings. The van der Waals surface area contributed by atoms with Gasteiger partial charge < -0.3 is 4.74 Å². The fourth-order valence-corrected chi connectivity index (χ4v) is 2.40. The number of rotatable bonds is 2. The summed E-state index contributed by atoms with van der Waals surface area (Å²) in [6.07, 6.45) is 0. The van der Waals surface area contributed by atoms with Crippen LogP contribution in [0.2, 0.25) is 0 Å². The Balaban J connectivity index is 2.12. The fraction of sp³-hybridized carbons (Fsp3) is 0.100. The van der Waals surface area contributed by atoms with Gasteiger partial charge in [0.15, 0.2) is 0 Å². The minimum absolute atomic E-state index is 0.208. The van der Waals surface area contributed by atoms with Crippen molar-refractivity contribution >= 4 is 41.1 Å². The van der Waals surface area contributed by atoms with Crippen LogP contribution in [0.4, 0.5) is 0 Å². The van der Waals surface area contributed by atoms with Crippen molar-refractivity contribution in [2.75, 3.05) is 0 Å². The summed E-state index contributed by atoms with van der Waals surface area (Å²) in [7, 11) is 0. The van der Waals surface area contributed by atoms with Crippen molar-refractivity contribution in [3.8, 4) is 5.75 Å². The van der Waals surface area contributed by atoms with Gasteiger partial charge in [-0.05, 0) is 24.1 Å². The molecule has 84 valence electrons. The molecule has 0 saturated carbocycles. The maximum absolute atomic E-state index is 11.8. The van der Waals surface area contributed by atoms with Crippen LogP contribution < -0.4 is 9.46 Å². The van der Waals surface area contributed by atoms with E-state index in [1.807, 2.05) is 6.07 Å². The normalized spacial score (nSPS) is 24.0. The molecule has 1 aromatic carbocycles. The number of hydrogen-bond acceptors (Lipinski definition) is 4. The number of carbonyl (C=O) groups is 1. The lowest BCUT2D eigenvalue weighted by molar-refractivity contribution is -0.136. The SMILES string of the molecule is O=C(Oc1ccccc1)C1(Cl)NSC=C1Cl. The molecule has 0 amide bonds. The van der Waals surface area contributed by atoms with E-state index >= 15 is 0 Å². The van der Waals surface area contributed by atoms with Crippen LogP contribution in [0, 0.1) is 0 Å². The molecule has 0 radical (unpaired) electrons. The summed E-state index contributed by atoms with van der Waals surface area (Å²) in [6, 6.07) is 8.68. The van der Waals surface area contributed by atoms with Gasteiger partial charge in [-0.3, -0.25) is 0 Å². The summed E-state index contributed by atoms with van der Waals surface area (Å²) in [5.41, 5.74) is 0. The molecule has 0 aliphatic carbocycles. The van der Waals surface area contributed by atoms with E-state index in [1.54, 1.807) is 29.7 Å². The molecule has 1 unspecified atom stereocenters. The number of nitrogens with one attached hydrogen (secondary N) is 1. The topological polar surface area (TPSA) is 38.3 Å². The average Bonchev–Trinajstić information content (AvgIpc) is 2.62. The largest absolute Gasteiger partial charge is 0.424 e. The van der Waals surface area contributed by atoms with E-state index in [9.17, 15) is 4.79 Å². The van der Waals surface area contributed by atoms with Crippen LogP contribution in [-0.2, 0) is 4.79 Å². The molecule has 0 spiro atoms. The second kappa shape index (κ2) is 4.67. The van der Waals surface area contributed by atoms with Crippen molar-refractivity contribution in [1.29, 1.82) is 0 Å². The standard InChI is InChI=1S/C10H7Cl2NO2S/c11-8-6-16-13-10(8,12)9(14)15-7-4-2-1-3-5-7/h1-6,13H. The minimum Gasteiger partial charge on any atom is -0.424 e. The zero-order valence-electron chi connectivity index (χ0n) is 7.94. The second-order valence-corrected chi connectivity index (χ2v) is 4.70. The van der Waals surface area contributed by atoms with Gasteiger partial charge in [0.1, 0.15) is 5.75 Å². The summed E-state index contributed by atoms with van der Waals surface area (Å²) in [5, 5.41) is 1.76. The fourth-order valence-electron chi connectivity index (χ4n) is 1.10. The van der Waals surface area contributed by atoms with E-state index in [0.717, 1.165) is 11.9 Å². The maximum atomic E-state index is 11.8. The summed E-state index contributed by atoms with van der Waals surface area (Å²) >= 11 is 13.0. The van der Waals surface area contributed by atoms with E-state index in [1.165, 1.54) is 0 Å². The van der Waals surface area contributed by atoms with Gasteiger partial charge >= 0.3 is 5.97 Å². The Morgan fingerprint density at radius 3 is 2.62 bits per heavy atom. The molecule has 16 heavy (non-hydrogen) atoms. The quantitative estimate of drug-likeness (QED) is 0.296. The molecule has 0 aromatic heterocycles. The lowest BCUT2D eigenvalue weighted by atomic mass is 10.3. The highest BCUT2D eigenvalue weighted by Crippen LogP contribution is 2.36. The van der Waals surface area contributed by atoms with Gasteiger partial charge in [-0.15, -0.1) is 0 Å². The zero-order chi connectivity index (χ0) is 11.6. The number of halogens is 2. The Morgan fingerprint density at radius 1 is 1.38 bits per heavy atom. The van der Waals surface area contributed by atoms with Gasteiger partial charge in [0.2, 0.25) is 5.00 Å². The Labute approximate surface area is 107 Å². The third-order valence-electron chi connectivity index (χ3n) is 1.93. The van der Waals surface area contributed by atoms with Crippen LogP contribution >= 0.6 is 35.1 Å². The van der Waals surface area contributed by atoms with E-state index in [2.05, 4.69) is 4.72 Å². The van der Waals surface area contributed by atoms with Gasteiger partial charge in [-0.2, -0.15) is 0 Å². The molecule has 6 heteroatoms. The zero-order valence-corrected chi connectivity index (χ0v) is 10.3. The monoisotopic (exact) mass is 275 g/mol. The number of esters is 1. The molecular formula is C10H7Cl2NO2S. The van der Waals surface area contributed by atoms with E-state index in [0.29, 0.717) is 5.75 Å². The summed E-state index contributed by atoms with van der Waals surface area (Å²) in [6.45, 7) is 0. The van der Waals surface area contributed by atoms with Gasteiger partial charge in [0.05, 0.1) is 5.03 Å². The average molecular weight is 276 g/mol. The summed E-state index contributed by atoms with van der Waals surface area (Å²) in [5.74, 6) is -0.220. The van der Waals surface area contributed by atoms with Gasteiger partial charge in [0, 0.05) is 5.41 Å². The Kier molecular flexibility index (Phi) is 3.44. The Bertz CT molecular complexity index is 438. The van der Waals surface area contributed by atoms with Crippen LogP contribution in [0.15, 0.2) is 40.8 Å². The smallest absolute Gasteiger partial charge is 0.353 e. The van der Waals surface area contributed by atoms with Gasteiger partial charge in [-0.25, -0.2) is 9.52 Å². The van der Waals surface area contributed by atoms with Gasteiger partial charge in [-0.1, -0.05) is 41.4 Å². The van der Waals surface area contributed by atoms with Crippen LogP contribution in [0.1, 0.15) is 0 Å². The van der Waals surface area contributed by atoms with Crippen molar-refractivity contribution in [3.05, 3.63) is 40.8 Å². The first-order valence-corrected chi connectivity index (χ1v) is 6.02. The van der Waals surface area contributed by atoms with Crippen molar-refractivity contribution in [2.24, 2.45) is 0 Å². The number of alkyl halides is 1. The molecule has 2 rings (SSSR count). The lowest BCUT2D eigenvalue weighted by Crippen LogP contribution is -2.44. The van der Waals surface area contributed by atoms with Crippen LogP contribution in [0.25, 0.3) is 0 Å². The Morgan fingerprint density at radius 2 is 2.06 bits per heavy atom. The molecule has 0 fully saturated rings. The van der Waals surface area contributed by atoms with Crippen molar-refractivity contribution in [2.45, 2.75) is 5.00 Å². The highest BCUT2D eigenvalue weighted by atomic mass is 35.5. The molecule has 3 nitrogen and oxygen atoms in total. The molecule has 0 saturated heterocycles. The van der Waals surface area contributed by atoms with Crippen molar-refractivity contribution < 1.29 is 9.53 Å². The van der Waals surface area contributed by atoms with Gasteiger partial charge in [0.25, 0.3) is 0 Å². The van der Waals surface area contributed by atoms with Crippen LogP contribution in [0.5, 0.6) is 5.75 Å². The molecule has 1 N–H and O–H groups in total. The first-order valence-electron chi connectivity index (χ1n) is 4.38. The molecule has 1 aromatic rings. The number of ether oxygens (including phenoxy) is 1. The maximum Gasteiger partial charge on any atom is 0.353 e. The lowest BCUT2D eigenvalue weighted by Gasteiger charge is -2.19. The minimum atomic E-state index is -1.48. The second-order valence-electron chi connectivity index (χ2n) is 3.05. The molecule has 1 heterocycles. The third-order valence-corrected chi connectivity index (χ3v) is 3.89. The molecule has 1 aliphatic heterocycles. The predicted molar refractivity (Wildman–Crippen MR) is 65.3 cm³/mol. The number of hydrogen-bond donors (Lipinski definition) is 1. The van der Waals surface area contributed by atoms with E-state index in [4.69, 9.17) is 27.9 Å². The van der Waals surface area contributed by atoms with E-state index < -0.39 is 11.0 Å². The molecular weight excluding hydrogens is 269 g/mol. The third kappa shape index (κ3) is 2.20. The highest BCUT2D eigenvalue weighted by Gasteiger charge is 2.44. The van der Waals surface area contributed by atoms with Crippen LogP contribution in [-0.4, -0.2) is 11.0 Å². The first kappa shape index (κ1) is 11.8. The summed E-state index contributed by atoms with van der Waals surface area (Å²) < 4.78 is 7.79. The number of para-hydroxylation sites is 1. The highest BCUT2D eigenvalue weighted by molar-refractivity contribution is 8.00. The number of carbonyl (C=O) groups excluding carboxylic acids is 1. The number of benzene rings is 1. The van der Waals surface area contributed by atoms with Crippen molar-refractivity contribution in [1.82, 2.24) is 4.72 Å². The molecule has 0 bridgehead atoms. The van der Waals surface area contributed by atoms with Crippen molar-refractivity contribution in [3.63, 3.8) is 0 Å². The van der Waals surface area contributed by atoms with E-state index in [-0.39, 0.29) is 5.03 Å². The predicted octanol–water partition coefficient (Wildman–Crippen LogP) is 2.86. The molecule has 1 atom stereocenters.